The Bertz CT molecular complexity index is 1290. The zero-order chi connectivity index (χ0) is 25.1. The number of sulfone groups is 1. The number of nitrogens with zero attached hydrogens (tertiary/aromatic N) is 3. The number of hydrogen-bond acceptors (Lipinski definition) is 6. The minimum absolute atomic E-state index is 0.203. The van der Waals surface area contributed by atoms with Gasteiger partial charge >= 0.3 is 0 Å². The van der Waals surface area contributed by atoms with Gasteiger partial charge in [-0.2, -0.15) is 4.98 Å². The van der Waals surface area contributed by atoms with E-state index in [1.165, 1.54) is 0 Å². The molecule has 3 saturated carbocycles. The number of fused-ring (bicyclic) bond motifs is 2. The van der Waals surface area contributed by atoms with Crippen LogP contribution in [0.2, 0.25) is 0 Å². The van der Waals surface area contributed by atoms with Crippen molar-refractivity contribution in [1.29, 1.82) is 0 Å². The SMILES string of the molecule is CCC1CCC(S(=O)(=O)c2ccc(Nc3ncc4c(n3)N(C3CCCC3)C(=O)C43CC3)c(C)c2)CC1. The third kappa shape index (κ3) is 3.83. The lowest BCUT2D eigenvalue weighted by Gasteiger charge is -2.27. The maximum atomic E-state index is 13.3. The van der Waals surface area contributed by atoms with Crippen LogP contribution >= 0.6 is 0 Å². The van der Waals surface area contributed by atoms with Gasteiger partial charge in [0.2, 0.25) is 11.9 Å². The van der Waals surface area contributed by atoms with Crippen LogP contribution in [0.25, 0.3) is 0 Å². The molecule has 8 heteroatoms. The summed E-state index contributed by atoms with van der Waals surface area (Å²) in [7, 11) is -3.35. The molecule has 0 saturated heterocycles. The van der Waals surface area contributed by atoms with Gasteiger partial charge in [-0.3, -0.25) is 9.69 Å². The first-order valence-electron chi connectivity index (χ1n) is 13.7. The Morgan fingerprint density at radius 3 is 2.44 bits per heavy atom. The third-order valence-corrected chi connectivity index (χ3v) is 11.4. The molecule has 36 heavy (non-hydrogen) atoms. The van der Waals surface area contributed by atoms with Crippen LogP contribution in [-0.4, -0.2) is 35.6 Å². The van der Waals surface area contributed by atoms with E-state index in [4.69, 9.17) is 4.98 Å². The molecule has 6 rings (SSSR count). The summed E-state index contributed by atoms with van der Waals surface area (Å²) in [6, 6.07) is 5.53. The number of anilines is 3. The van der Waals surface area contributed by atoms with Gasteiger partial charge in [0, 0.05) is 23.5 Å². The van der Waals surface area contributed by atoms with Gasteiger partial charge in [-0.05, 0) is 88.0 Å². The summed E-state index contributed by atoms with van der Waals surface area (Å²) in [6.45, 7) is 4.10. The van der Waals surface area contributed by atoms with Gasteiger partial charge in [-0.1, -0.05) is 26.2 Å². The highest BCUT2D eigenvalue weighted by atomic mass is 32.2. The van der Waals surface area contributed by atoms with Crippen LogP contribution in [0.3, 0.4) is 0 Å². The second kappa shape index (κ2) is 8.82. The van der Waals surface area contributed by atoms with Crippen LogP contribution in [0, 0.1) is 12.8 Å². The molecule has 4 aliphatic rings. The van der Waals surface area contributed by atoms with Gasteiger partial charge < -0.3 is 5.32 Å². The number of rotatable bonds is 6. The number of hydrogen-bond donors (Lipinski definition) is 1. The summed E-state index contributed by atoms with van der Waals surface area (Å²) >= 11 is 0. The van der Waals surface area contributed by atoms with Crippen molar-refractivity contribution in [3.63, 3.8) is 0 Å². The average molecular weight is 509 g/mol. The molecular weight excluding hydrogens is 472 g/mol. The summed E-state index contributed by atoms with van der Waals surface area (Å²) in [5.74, 6) is 2.07. The second-order valence-electron chi connectivity index (χ2n) is 11.3. The molecule has 2 heterocycles. The van der Waals surface area contributed by atoms with Crippen LogP contribution in [0.4, 0.5) is 17.5 Å². The quantitative estimate of drug-likeness (QED) is 0.547. The van der Waals surface area contributed by atoms with Crippen LogP contribution in [-0.2, 0) is 20.0 Å². The molecule has 0 unspecified atom stereocenters. The largest absolute Gasteiger partial charge is 0.324 e. The van der Waals surface area contributed by atoms with E-state index in [0.29, 0.717) is 16.8 Å². The van der Waals surface area contributed by atoms with Crippen LogP contribution in [0.1, 0.15) is 88.7 Å². The van der Waals surface area contributed by atoms with Gasteiger partial charge in [0.05, 0.1) is 15.6 Å². The maximum absolute atomic E-state index is 13.3. The second-order valence-corrected chi connectivity index (χ2v) is 13.6. The Morgan fingerprint density at radius 1 is 1.08 bits per heavy atom. The standard InChI is InChI=1S/C28H36N4O3S/c1-3-19-8-10-21(11-9-19)36(34,35)22-12-13-24(18(2)16-22)30-27-29-17-23-25(31-27)32(20-6-4-5-7-20)26(33)28(23)14-15-28/h12-13,16-17,19-21H,3-11,14-15H2,1-2H3,(H,29,30,31). The maximum Gasteiger partial charge on any atom is 0.239 e. The minimum Gasteiger partial charge on any atom is -0.324 e. The number of carbonyl (C=O) groups is 1. The number of aryl methyl sites for hydroxylation is 1. The van der Waals surface area contributed by atoms with Crippen molar-refractivity contribution in [3.8, 4) is 0 Å². The fraction of sp³-hybridized carbons (Fsp3) is 0.607. The molecule has 0 atom stereocenters. The molecule has 1 aromatic carbocycles. The van der Waals surface area contributed by atoms with Crippen molar-refractivity contribution >= 4 is 33.2 Å². The molecule has 3 aliphatic carbocycles. The molecule has 7 nitrogen and oxygen atoms in total. The number of aromatic nitrogens is 2. The van der Waals surface area contributed by atoms with Crippen LogP contribution in [0.5, 0.6) is 0 Å². The lowest BCUT2D eigenvalue weighted by molar-refractivity contribution is -0.120. The molecule has 1 amide bonds. The minimum atomic E-state index is -3.35. The van der Waals surface area contributed by atoms with Crippen molar-refractivity contribution in [3.05, 3.63) is 35.5 Å². The average Bonchev–Trinajstić information content (AvgIpc) is 3.45. The summed E-state index contributed by atoms with van der Waals surface area (Å²) in [4.78, 5) is 25.1. The van der Waals surface area contributed by atoms with E-state index in [0.717, 1.165) is 93.3 Å². The lowest BCUT2D eigenvalue weighted by Crippen LogP contribution is -2.39. The Morgan fingerprint density at radius 2 is 1.81 bits per heavy atom. The first-order valence-corrected chi connectivity index (χ1v) is 15.2. The molecule has 2 aromatic rings. The molecule has 1 aromatic heterocycles. The van der Waals surface area contributed by atoms with E-state index >= 15 is 0 Å². The fourth-order valence-corrected chi connectivity index (χ4v) is 8.50. The molecule has 0 bridgehead atoms. The highest BCUT2D eigenvalue weighted by Gasteiger charge is 2.61. The predicted octanol–water partition coefficient (Wildman–Crippen LogP) is 5.59. The first-order chi connectivity index (χ1) is 17.3. The van der Waals surface area contributed by atoms with Gasteiger partial charge in [0.25, 0.3) is 0 Å². The fourth-order valence-electron chi connectivity index (χ4n) is 6.62. The summed E-state index contributed by atoms with van der Waals surface area (Å²) in [6.07, 6.45) is 12.6. The Labute approximate surface area is 214 Å². The Kier molecular flexibility index (Phi) is 5.85. The lowest BCUT2D eigenvalue weighted by atomic mass is 9.87. The van der Waals surface area contributed by atoms with Crippen molar-refractivity contribution in [1.82, 2.24) is 9.97 Å². The number of carbonyl (C=O) groups excluding carboxylic acids is 1. The highest BCUT2D eigenvalue weighted by Crippen LogP contribution is 2.57. The van der Waals surface area contributed by atoms with Gasteiger partial charge in [0.1, 0.15) is 5.82 Å². The number of benzene rings is 1. The number of amides is 1. The van der Waals surface area contributed by atoms with E-state index in [-0.39, 0.29) is 17.2 Å². The van der Waals surface area contributed by atoms with Crippen LogP contribution < -0.4 is 10.2 Å². The van der Waals surface area contributed by atoms with Gasteiger partial charge in [-0.15, -0.1) is 0 Å². The highest BCUT2D eigenvalue weighted by molar-refractivity contribution is 7.92. The zero-order valence-electron chi connectivity index (χ0n) is 21.3. The van der Waals surface area contributed by atoms with E-state index in [9.17, 15) is 13.2 Å². The number of nitrogens with one attached hydrogen (secondary N) is 1. The third-order valence-electron chi connectivity index (χ3n) is 9.16. The van der Waals surface area contributed by atoms with Crippen molar-refractivity contribution in [2.45, 2.75) is 106 Å². The van der Waals surface area contributed by atoms with E-state index < -0.39 is 15.3 Å². The normalized spacial score (nSPS) is 25.4. The van der Waals surface area contributed by atoms with E-state index in [2.05, 4.69) is 17.2 Å². The summed E-state index contributed by atoms with van der Waals surface area (Å²) < 4.78 is 26.6. The van der Waals surface area contributed by atoms with E-state index in [1.54, 1.807) is 12.1 Å². The summed E-state index contributed by atoms with van der Waals surface area (Å²) in [5.41, 5.74) is 2.20. The van der Waals surface area contributed by atoms with Crippen molar-refractivity contribution < 1.29 is 13.2 Å². The van der Waals surface area contributed by atoms with E-state index in [1.807, 2.05) is 24.1 Å². The molecule has 1 aliphatic heterocycles. The Balaban J connectivity index is 1.24. The first kappa shape index (κ1) is 23.9. The monoisotopic (exact) mass is 508 g/mol. The predicted molar refractivity (Wildman–Crippen MR) is 140 cm³/mol. The topological polar surface area (TPSA) is 92.3 Å². The zero-order valence-corrected chi connectivity index (χ0v) is 22.1. The smallest absolute Gasteiger partial charge is 0.239 e. The van der Waals surface area contributed by atoms with Gasteiger partial charge in [-0.25, -0.2) is 13.4 Å². The van der Waals surface area contributed by atoms with Gasteiger partial charge in [0.15, 0.2) is 9.84 Å². The van der Waals surface area contributed by atoms with Crippen LogP contribution in [0.15, 0.2) is 29.3 Å². The molecule has 1 spiro atoms. The molecule has 192 valence electrons. The molecule has 1 N–H and O–H groups in total. The molecule has 3 fully saturated rings. The van der Waals surface area contributed by atoms with Crippen molar-refractivity contribution in [2.24, 2.45) is 5.92 Å². The molecule has 0 radical (unpaired) electrons. The van der Waals surface area contributed by atoms with Crippen molar-refractivity contribution in [2.75, 3.05) is 10.2 Å². The molecular formula is C28H36N4O3S. The Hall–Kier alpha value is -2.48. The summed E-state index contributed by atoms with van der Waals surface area (Å²) in [5, 5.41) is 3.01.